The number of hydrogen-bond donors (Lipinski definition) is 0. The molecular formula is C19H29N5S. The fraction of sp³-hybridized carbons (Fsp3) is 0.684. The summed E-state index contributed by atoms with van der Waals surface area (Å²) in [5.74, 6) is 0.744. The van der Waals surface area contributed by atoms with Crippen molar-refractivity contribution in [3.8, 4) is 0 Å². The predicted molar refractivity (Wildman–Crippen MR) is 102 cm³/mol. The maximum absolute atomic E-state index is 4.95. The summed E-state index contributed by atoms with van der Waals surface area (Å²) in [6, 6.07) is 0.571. The summed E-state index contributed by atoms with van der Waals surface area (Å²) in [6.07, 6.45) is 9.57. The average Bonchev–Trinajstić information content (AvgIpc) is 3.32. The van der Waals surface area contributed by atoms with Gasteiger partial charge in [0, 0.05) is 68.9 Å². The molecule has 1 atom stereocenters. The van der Waals surface area contributed by atoms with Crippen LogP contribution in [0.5, 0.6) is 0 Å². The molecule has 2 aliphatic rings. The van der Waals surface area contributed by atoms with Crippen LogP contribution >= 0.6 is 11.3 Å². The van der Waals surface area contributed by atoms with E-state index in [4.69, 9.17) is 4.98 Å². The molecule has 0 spiro atoms. The van der Waals surface area contributed by atoms with Crippen LogP contribution in [0.15, 0.2) is 17.8 Å². The molecule has 6 heteroatoms. The monoisotopic (exact) mass is 359 g/mol. The number of nitrogens with zero attached hydrogens (tertiary/aromatic N) is 5. The molecule has 4 rings (SSSR count). The maximum atomic E-state index is 4.95. The van der Waals surface area contributed by atoms with E-state index in [1.54, 1.807) is 0 Å². The van der Waals surface area contributed by atoms with Gasteiger partial charge in [0.1, 0.15) is 0 Å². The number of piperazine rings is 1. The van der Waals surface area contributed by atoms with Gasteiger partial charge < -0.3 is 0 Å². The molecule has 1 unspecified atom stereocenters. The van der Waals surface area contributed by atoms with E-state index in [9.17, 15) is 0 Å². The van der Waals surface area contributed by atoms with Crippen LogP contribution in [0.4, 0.5) is 0 Å². The Kier molecular flexibility index (Phi) is 5.20. The normalized spacial score (nSPS) is 23.5. The lowest BCUT2D eigenvalue weighted by Gasteiger charge is -2.39. The van der Waals surface area contributed by atoms with E-state index in [0.29, 0.717) is 6.04 Å². The molecule has 1 saturated carbocycles. The minimum Gasteiger partial charge on any atom is -0.295 e. The Labute approximate surface area is 154 Å². The highest BCUT2D eigenvalue weighted by Crippen LogP contribution is 2.35. The van der Waals surface area contributed by atoms with Gasteiger partial charge >= 0.3 is 0 Å². The number of aromatic nitrogens is 3. The summed E-state index contributed by atoms with van der Waals surface area (Å²) in [6.45, 7) is 7.72. The molecule has 3 heterocycles. The Morgan fingerprint density at radius 3 is 2.76 bits per heavy atom. The van der Waals surface area contributed by atoms with Crippen LogP contribution in [0.3, 0.4) is 0 Å². The summed E-state index contributed by atoms with van der Waals surface area (Å²) >= 11 is 1.88. The van der Waals surface area contributed by atoms with Crippen LogP contribution in [0.1, 0.15) is 54.8 Å². The molecule has 1 saturated heterocycles. The third kappa shape index (κ3) is 4.13. The first-order chi connectivity index (χ1) is 12.2. The van der Waals surface area contributed by atoms with Crippen LogP contribution in [0.2, 0.25) is 0 Å². The fourth-order valence-electron chi connectivity index (χ4n) is 4.22. The maximum Gasteiger partial charge on any atom is 0.0959 e. The first-order valence-electron chi connectivity index (χ1n) is 9.55. The minimum absolute atomic E-state index is 0.571. The van der Waals surface area contributed by atoms with Gasteiger partial charge in [-0.15, -0.1) is 11.3 Å². The van der Waals surface area contributed by atoms with Gasteiger partial charge in [0.2, 0.25) is 0 Å². The molecule has 25 heavy (non-hydrogen) atoms. The summed E-state index contributed by atoms with van der Waals surface area (Å²) in [5.41, 5.74) is 2.59. The van der Waals surface area contributed by atoms with Crippen molar-refractivity contribution >= 4 is 11.3 Å². The lowest BCUT2D eigenvalue weighted by atomic mass is 10.1. The van der Waals surface area contributed by atoms with Gasteiger partial charge in [-0.25, -0.2) is 4.98 Å². The third-order valence-electron chi connectivity index (χ3n) is 5.65. The van der Waals surface area contributed by atoms with Crippen molar-refractivity contribution in [1.29, 1.82) is 0 Å². The molecule has 0 bridgehead atoms. The van der Waals surface area contributed by atoms with Crippen molar-refractivity contribution in [2.24, 2.45) is 7.05 Å². The van der Waals surface area contributed by atoms with Gasteiger partial charge in [-0.2, -0.15) is 5.10 Å². The standard InChI is InChI=1S/C19H29N5S/c1-15-10-23(7-8-24(15)12-16-9-20-22(2)11-16)13-18-14-25-19(21-18)17-5-3-4-6-17/h9,11,14-15,17H,3-8,10,12-13H2,1-2H3. The molecule has 0 aromatic carbocycles. The van der Waals surface area contributed by atoms with Crippen molar-refractivity contribution < 1.29 is 0 Å². The molecule has 0 amide bonds. The summed E-state index contributed by atoms with van der Waals surface area (Å²) in [5, 5.41) is 7.96. The summed E-state index contributed by atoms with van der Waals surface area (Å²) in [7, 11) is 1.98. The Bertz CT molecular complexity index is 688. The van der Waals surface area contributed by atoms with Crippen molar-refractivity contribution in [3.05, 3.63) is 34.0 Å². The smallest absolute Gasteiger partial charge is 0.0959 e. The van der Waals surface area contributed by atoms with Gasteiger partial charge in [0.25, 0.3) is 0 Å². The molecule has 5 nitrogen and oxygen atoms in total. The zero-order valence-corrected chi connectivity index (χ0v) is 16.2. The van der Waals surface area contributed by atoms with Gasteiger partial charge in [0.05, 0.1) is 16.9 Å². The Morgan fingerprint density at radius 2 is 2.04 bits per heavy atom. The number of hydrogen-bond acceptors (Lipinski definition) is 5. The van der Waals surface area contributed by atoms with Crippen LogP contribution in [-0.4, -0.2) is 50.2 Å². The van der Waals surface area contributed by atoms with Gasteiger partial charge in [0.15, 0.2) is 0 Å². The summed E-state index contributed by atoms with van der Waals surface area (Å²) in [4.78, 5) is 10.1. The van der Waals surface area contributed by atoms with E-state index < -0.39 is 0 Å². The summed E-state index contributed by atoms with van der Waals surface area (Å²) < 4.78 is 1.89. The van der Waals surface area contributed by atoms with E-state index in [0.717, 1.165) is 38.6 Å². The van der Waals surface area contributed by atoms with Gasteiger partial charge in [-0.05, 0) is 19.8 Å². The molecule has 1 aliphatic carbocycles. The minimum atomic E-state index is 0.571. The van der Waals surface area contributed by atoms with Crippen molar-refractivity contribution in [2.75, 3.05) is 19.6 Å². The molecule has 0 N–H and O–H groups in total. The number of aryl methyl sites for hydroxylation is 1. The van der Waals surface area contributed by atoms with Crippen molar-refractivity contribution in [3.63, 3.8) is 0 Å². The molecular weight excluding hydrogens is 330 g/mol. The quantitative estimate of drug-likeness (QED) is 0.821. The second kappa shape index (κ2) is 7.56. The predicted octanol–water partition coefficient (Wildman–Crippen LogP) is 3.24. The van der Waals surface area contributed by atoms with Crippen LogP contribution < -0.4 is 0 Å². The van der Waals surface area contributed by atoms with E-state index in [1.807, 2.05) is 29.3 Å². The van der Waals surface area contributed by atoms with Gasteiger partial charge in [-0.3, -0.25) is 14.5 Å². The zero-order valence-electron chi connectivity index (χ0n) is 15.4. The molecule has 0 radical (unpaired) electrons. The van der Waals surface area contributed by atoms with E-state index >= 15 is 0 Å². The van der Waals surface area contributed by atoms with Gasteiger partial charge in [-0.1, -0.05) is 12.8 Å². The SMILES string of the molecule is CC1CN(Cc2csc(C3CCCC3)n2)CCN1Cc1cnn(C)c1. The Hall–Kier alpha value is -1.24. The molecule has 136 valence electrons. The second-order valence-corrected chi connectivity index (χ2v) is 8.63. The van der Waals surface area contributed by atoms with E-state index in [-0.39, 0.29) is 0 Å². The molecule has 2 aromatic rings. The van der Waals surface area contributed by atoms with Crippen molar-refractivity contribution in [2.45, 2.75) is 57.7 Å². The van der Waals surface area contributed by atoms with E-state index in [1.165, 1.54) is 41.9 Å². The third-order valence-corrected chi connectivity index (χ3v) is 6.71. The van der Waals surface area contributed by atoms with Crippen LogP contribution in [-0.2, 0) is 20.1 Å². The number of rotatable bonds is 5. The molecule has 2 fully saturated rings. The lowest BCUT2D eigenvalue weighted by Crippen LogP contribution is -2.50. The average molecular weight is 360 g/mol. The fourth-order valence-corrected chi connectivity index (χ4v) is 5.20. The highest BCUT2D eigenvalue weighted by atomic mass is 32.1. The second-order valence-electron chi connectivity index (χ2n) is 7.74. The largest absolute Gasteiger partial charge is 0.295 e. The highest BCUT2D eigenvalue weighted by molar-refractivity contribution is 7.09. The van der Waals surface area contributed by atoms with Crippen molar-refractivity contribution in [1.82, 2.24) is 24.6 Å². The Balaban J connectivity index is 1.30. The number of thiazole rings is 1. The first kappa shape index (κ1) is 17.2. The molecule has 2 aromatic heterocycles. The lowest BCUT2D eigenvalue weighted by molar-refractivity contribution is 0.0726. The van der Waals surface area contributed by atoms with E-state index in [2.05, 4.69) is 33.4 Å². The zero-order chi connectivity index (χ0) is 17.2. The Morgan fingerprint density at radius 1 is 1.20 bits per heavy atom. The van der Waals surface area contributed by atoms with Crippen LogP contribution in [0, 0.1) is 0 Å². The molecule has 1 aliphatic heterocycles. The topological polar surface area (TPSA) is 37.2 Å². The highest BCUT2D eigenvalue weighted by Gasteiger charge is 2.25. The van der Waals surface area contributed by atoms with Crippen LogP contribution in [0.25, 0.3) is 0 Å². The first-order valence-corrected chi connectivity index (χ1v) is 10.4.